The van der Waals surface area contributed by atoms with E-state index in [1.165, 1.54) is 0 Å². The lowest BCUT2D eigenvalue weighted by molar-refractivity contribution is -0.115. The van der Waals surface area contributed by atoms with E-state index in [0.29, 0.717) is 17.0 Å². The summed E-state index contributed by atoms with van der Waals surface area (Å²) >= 11 is 0. The van der Waals surface area contributed by atoms with Gasteiger partial charge in [0.05, 0.1) is 6.42 Å². The maximum Gasteiger partial charge on any atom is 0.271 e. The maximum absolute atomic E-state index is 12.2. The van der Waals surface area contributed by atoms with Crippen molar-refractivity contribution in [3.05, 3.63) is 90.0 Å². The van der Waals surface area contributed by atoms with E-state index in [4.69, 9.17) is 0 Å². The summed E-state index contributed by atoms with van der Waals surface area (Å²) in [5, 5.41) is 10.1. The molecule has 30 heavy (non-hydrogen) atoms. The molecule has 0 aliphatic carbocycles. The van der Waals surface area contributed by atoms with Crippen molar-refractivity contribution in [3.8, 4) is 0 Å². The van der Waals surface area contributed by atoms with Gasteiger partial charge in [-0.25, -0.2) is 5.43 Å². The fraction of sp³-hybridized carbons (Fsp3) is 0.125. The van der Waals surface area contributed by atoms with Gasteiger partial charge in [0.2, 0.25) is 5.91 Å². The van der Waals surface area contributed by atoms with Gasteiger partial charge in [-0.3, -0.25) is 9.59 Å². The number of carbonyl (C=O) groups excluding carboxylic acids is 2. The molecule has 0 heterocycles. The van der Waals surface area contributed by atoms with Gasteiger partial charge in [0.1, 0.15) is 0 Å². The number of hydrazone groups is 1. The number of anilines is 3. The van der Waals surface area contributed by atoms with Crippen molar-refractivity contribution in [2.45, 2.75) is 20.3 Å². The van der Waals surface area contributed by atoms with Gasteiger partial charge in [-0.15, -0.1) is 0 Å². The molecule has 0 aromatic heterocycles. The minimum Gasteiger partial charge on any atom is -0.356 e. The zero-order chi connectivity index (χ0) is 21.3. The Morgan fingerprint density at radius 3 is 2.07 bits per heavy atom. The number of benzene rings is 3. The van der Waals surface area contributed by atoms with Crippen LogP contribution in [0.25, 0.3) is 0 Å². The first-order valence-corrected chi connectivity index (χ1v) is 9.62. The molecule has 3 rings (SSSR count). The van der Waals surface area contributed by atoms with E-state index in [9.17, 15) is 9.59 Å². The van der Waals surface area contributed by atoms with E-state index in [2.05, 4.69) is 21.2 Å². The summed E-state index contributed by atoms with van der Waals surface area (Å²) in [7, 11) is 0. The molecule has 0 saturated carbocycles. The Balaban J connectivity index is 1.48. The molecule has 3 aromatic carbocycles. The van der Waals surface area contributed by atoms with E-state index >= 15 is 0 Å². The molecule has 0 radical (unpaired) electrons. The molecule has 0 atom stereocenters. The van der Waals surface area contributed by atoms with E-state index in [-0.39, 0.29) is 18.2 Å². The van der Waals surface area contributed by atoms with Crippen LogP contribution >= 0.6 is 0 Å². The normalized spacial score (nSPS) is 10.9. The van der Waals surface area contributed by atoms with Crippen LogP contribution in [0.1, 0.15) is 29.3 Å². The lowest BCUT2D eigenvalue weighted by Gasteiger charge is -2.09. The van der Waals surface area contributed by atoms with Crippen LogP contribution in [0.4, 0.5) is 17.1 Å². The first-order valence-electron chi connectivity index (χ1n) is 9.62. The Morgan fingerprint density at radius 1 is 0.800 bits per heavy atom. The van der Waals surface area contributed by atoms with Crippen LogP contribution in [-0.4, -0.2) is 17.5 Å². The predicted octanol–water partition coefficient (Wildman–Crippen LogP) is 4.87. The highest BCUT2D eigenvalue weighted by atomic mass is 16.2. The number of amides is 2. The zero-order valence-corrected chi connectivity index (χ0v) is 17.0. The van der Waals surface area contributed by atoms with Crippen LogP contribution in [0.2, 0.25) is 0 Å². The second-order valence-electron chi connectivity index (χ2n) is 6.95. The number of para-hydroxylation sites is 1. The molecule has 152 valence electrons. The Morgan fingerprint density at radius 2 is 1.40 bits per heavy atom. The van der Waals surface area contributed by atoms with Crippen LogP contribution in [-0.2, 0) is 4.79 Å². The topological polar surface area (TPSA) is 82.6 Å². The molecule has 2 amide bonds. The van der Waals surface area contributed by atoms with Gasteiger partial charge in [-0.2, -0.15) is 5.10 Å². The molecule has 6 nitrogen and oxygen atoms in total. The van der Waals surface area contributed by atoms with E-state index in [1.807, 2.05) is 73.7 Å². The molecular formula is C24H24N4O2. The first-order chi connectivity index (χ1) is 14.5. The minimum atomic E-state index is -0.309. The average molecular weight is 400 g/mol. The summed E-state index contributed by atoms with van der Waals surface area (Å²) in [6.45, 7) is 3.65. The van der Waals surface area contributed by atoms with E-state index in [0.717, 1.165) is 16.9 Å². The van der Waals surface area contributed by atoms with E-state index in [1.54, 1.807) is 19.1 Å². The molecule has 6 heteroatoms. The molecule has 0 bridgehead atoms. The Hall–Kier alpha value is -3.93. The van der Waals surface area contributed by atoms with Gasteiger partial charge < -0.3 is 10.6 Å². The molecule has 0 aliphatic heterocycles. The first kappa shape index (κ1) is 20.8. The summed E-state index contributed by atoms with van der Waals surface area (Å²) in [5.41, 5.74) is 7.19. The van der Waals surface area contributed by atoms with Crippen molar-refractivity contribution in [2.24, 2.45) is 5.10 Å². The Bertz CT molecular complexity index is 1030. The summed E-state index contributed by atoms with van der Waals surface area (Å²) in [4.78, 5) is 24.3. The number of carbonyl (C=O) groups is 2. The van der Waals surface area contributed by atoms with Crippen LogP contribution in [0.3, 0.4) is 0 Å². The predicted molar refractivity (Wildman–Crippen MR) is 121 cm³/mol. The van der Waals surface area contributed by atoms with Crippen LogP contribution < -0.4 is 16.1 Å². The minimum absolute atomic E-state index is 0.0815. The van der Waals surface area contributed by atoms with Gasteiger partial charge in [-0.05, 0) is 62.4 Å². The van der Waals surface area contributed by atoms with Crippen molar-refractivity contribution in [1.29, 1.82) is 0 Å². The molecule has 0 unspecified atom stereocenters. The van der Waals surface area contributed by atoms with Crippen molar-refractivity contribution in [1.82, 2.24) is 5.43 Å². The maximum atomic E-state index is 12.2. The van der Waals surface area contributed by atoms with Crippen LogP contribution in [0.5, 0.6) is 0 Å². The lowest BCUT2D eigenvalue weighted by atomic mass is 10.1. The number of hydrogen-bond acceptors (Lipinski definition) is 4. The van der Waals surface area contributed by atoms with Crippen molar-refractivity contribution < 1.29 is 9.59 Å². The lowest BCUT2D eigenvalue weighted by Crippen LogP contribution is -2.21. The second-order valence-corrected chi connectivity index (χ2v) is 6.95. The van der Waals surface area contributed by atoms with Gasteiger partial charge in [0.25, 0.3) is 5.91 Å². The molecule has 0 saturated heterocycles. The number of nitrogens with zero attached hydrogens (tertiary/aromatic N) is 1. The van der Waals surface area contributed by atoms with Crippen molar-refractivity contribution >= 4 is 34.6 Å². The number of rotatable bonds is 7. The van der Waals surface area contributed by atoms with Crippen molar-refractivity contribution in [3.63, 3.8) is 0 Å². The average Bonchev–Trinajstić information content (AvgIpc) is 2.74. The highest BCUT2D eigenvalue weighted by molar-refractivity contribution is 6.06. The third kappa shape index (κ3) is 6.31. The second kappa shape index (κ2) is 10.0. The third-order valence-corrected chi connectivity index (χ3v) is 4.31. The molecule has 0 aliphatic rings. The van der Waals surface area contributed by atoms with Crippen molar-refractivity contribution in [2.75, 3.05) is 10.6 Å². The molecule has 0 spiro atoms. The summed E-state index contributed by atoms with van der Waals surface area (Å²) in [5.74, 6) is -0.513. The smallest absolute Gasteiger partial charge is 0.271 e. The van der Waals surface area contributed by atoms with Gasteiger partial charge in [0.15, 0.2) is 0 Å². The highest BCUT2D eigenvalue weighted by Gasteiger charge is 2.07. The molecule has 3 N–H and O–H groups in total. The third-order valence-electron chi connectivity index (χ3n) is 4.31. The number of hydrogen-bond donors (Lipinski definition) is 3. The highest BCUT2D eigenvalue weighted by Crippen LogP contribution is 2.18. The standard InChI is InChI=1S/C24H24N4O2/c1-17-8-10-19(11-9-17)24(30)28-27-18(2)16-23(29)26-22-14-12-21(13-15-22)25-20-6-4-3-5-7-20/h3-15,25H,16H2,1-2H3,(H,26,29)(H,28,30). The Kier molecular flexibility index (Phi) is 6.95. The zero-order valence-electron chi connectivity index (χ0n) is 17.0. The van der Waals surface area contributed by atoms with Crippen LogP contribution in [0.15, 0.2) is 84.0 Å². The fourth-order valence-corrected chi connectivity index (χ4v) is 2.72. The summed E-state index contributed by atoms with van der Waals surface area (Å²) < 4.78 is 0. The van der Waals surface area contributed by atoms with Gasteiger partial charge in [-0.1, -0.05) is 35.9 Å². The Labute approximate surface area is 176 Å². The summed E-state index contributed by atoms with van der Waals surface area (Å²) in [6.07, 6.45) is 0.0815. The fourth-order valence-electron chi connectivity index (χ4n) is 2.72. The van der Waals surface area contributed by atoms with Gasteiger partial charge in [0, 0.05) is 28.3 Å². The molecular weight excluding hydrogens is 376 g/mol. The van der Waals surface area contributed by atoms with E-state index < -0.39 is 0 Å². The van der Waals surface area contributed by atoms with Crippen LogP contribution in [0, 0.1) is 6.92 Å². The molecule has 0 fully saturated rings. The SMILES string of the molecule is CC(CC(=O)Nc1ccc(Nc2ccccc2)cc1)=NNC(=O)c1ccc(C)cc1. The molecule has 3 aromatic rings. The number of aryl methyl sites for hydroxylation is 1. The largest absolute Gasteiger partial charge is 0.356 e. The number of nitrogens with one attached hydrogen (secondary N) is 3. The summed E-state index contributed by atoms with van der Waals surface area (Å²) in [6, 6.07) is 24.5. The van der Waals surface area contributed by atoms with Gasteiger partial charge >= 0.3 is 0 Å². The quantitative estimate of drug-likeness (QED) is 0.391. The monoisotopic (exact) mass is 400 g/mol.